The highest BCUT2D eigenvalue weighted by atomic mass is 35.5. The van der Waals surface area contributed by atoms with E-state index in [2.05, 4.69) is 4.74 Å². The molecule has 1 aromatic carbocycles. The summed E-state index contributed by atoms with van der Waals surface area (Å²) in [6.07, 6.45) is -4.51. The van der Waals surface area contributed by atoms with Gasteiger partial charge in [-0.3, -0.25) is 0 Å². The van der Waals surface area contributed by atoms with Crippen LogP contribution in [0.4, 0.5) is 17.6 Å². The molecule has 0 radical (unpaired) electrons. The van der Waals surface area contributed by atoms with Gasteiger partial charge in [-0.1, -0.05) is 17.7 Å². The highest BCUT2D eigenvalue weighted by molar-refractivity contribution is 6.32. The molecular weight excluding hydrogens is 236 g/mol. The number of hydrogen-bond donors (Lipinski definition) is 0. The lowest BCUT2D eigenvalue weighted by Gasteiger charge is -2.12. The average Bonchev–Trinajstić information content (AvgIpc) is 2.10. The van der Waals surface area contributed by atoms with E-state index in [4.69, 9.17) is 11.6 Å². The van der Waals surface area contributed by atoms with Crippen LogP contribution in [-0.4, -0.2) is 12.8 Å². The molecule has 0 fully saturated rings. The summed E-state index contributed by atoms with van der Waals surface area (Å²) in [7, 11) is 0. The van der Waals surface area contributed by atoms with Crippen LogP contribution in [0.15, 0.2) is 12.1 Å². The van der Waals surface area contributed by atoms with E-state index >= 15 is 0 Å². The summed E-state index contributed by atoms with van der Waals surface area (Å²) in [4.78, 5) is 0. The zero-order valence-corrected chi connectivity index (χ0v) is 8.42. The molecule has 0 amide bonds. The lowest BCUT2D eigenvalue weighted by atomic mass is 10.2. The Morgan fingerprint density at radius 2 is 1.93 bits per heavy atom. The van der Waals surface area contributed by atoms with Gasteiger partial charge in [0.1, 0.15) is 0 Å². The topological polar surface area (TPSA) is 9.23 Å². The predicted molar refractivity (Wildman–Crippen MR) is 47.7 cm³/mol. The van der Waals surface area contributed by atoms with E-state index in [1.54, 1.807) is 0 Å². The first-order chi connectivity index (χ1) is 6.81. The van der Waals surface area contributed by atoms with Crippen molar-refractivity contribution in [2.24, 2.45) is 0 Å². The maximum Gasteiger partial charge on any atom is 0.422 e. The molecule has 0 aliphatic carbocycles. The van der Waals surface area contributed by atoms with Crippen LogP contribution in [0, 0.1) is 12.7 Å². The molecule has 1 nitrogen and oxygen atoms in total. The molecule has 0 heterocycles. The van der Waals surface area contributed by atoms with Crippen molar-refractivity contribution in [2.45, 2.75) is 13.1 Å². The minimum Gasteiger partial charge on any atom is -0.479 e. The van der Waals surface area contributed by atoms with Crippen LogP contribution in [-0.2, 0) is 0 Å². The SMILES string of the molecule is Cc1ccc(Cl)c(OCC(F)(F)F)c1F. The van der Waals surface area contributed by atoms with Crippen molar-refractivity contribution >= 4 is 11.6 Å². The van der Waals surface area contributed by atoms with E-state index in [0.29, 0.717) is 0 Å². The standard InChI is InChI=1S/C9H7ClF4O/c1-5-2-3-6(10)8(7(5)11)15-4-9(12,13)14/h2-3H,4H2,1H3. The largest absolute Gasteiger partial charge is 0.479 e. The first-order valence-electron chi connectivity index (χ1n) is 3.95. The highest BCUT2D eigenvalue weighted by Crippen LogP contribution is 2.31. The third-order valence-electron chi connectivity index (χ3n) is 1.62. The smallest absolute Gasteiger partial charge is 0.422 e. The molecule has 15 heavy (non-hydrogen) atoms. The number of aryl methyl sites for hydroxylation is 1. The second-order valence-electron chi connectivity index (χ2n) is 2.91. The Kier molecular flexibility index (Phi) is 3.44. The molecule has 1 aromatic rings. The van der Waals surface area contributed by atoms with Crippen LogP contribution in [0.5, 0.6) is 5.75 Å². The van der Waals surface area contributed by atoms with Gasteiger partial charge in [0.2, 0.25) is 0 Å². The van der Waals surface area contributed by atoms with Crippen LogP contribution in [0.25, 0.3) is 0 Å². The van der Waals surface area contributed by atoms with Crippen LogP contribution >= 0.6 is 11.6 Å². The van der Waals surface area contributed by atoms with E-state index in [-0.39, 0.29) is 10.6 Å². The van der Waals surface area contributed by atoms with Crippen LogP contribution < -0.4 is 4.74 Å². The predicted octanol–water partition coefficient (Wildman–Crippen LogP) is 3.73. The summed E-state index contributed by atoms with van der Waals surface area (Å²) < 4.78 is 53.0. The van der Waals surface area contributed by atoms with E-state index in [0.717, 1.165) is 0 Å². The Balaban J connectivity index is 2.90. The average molecular weight is 243 g/mol. The van der Waals surface area contributed by atoms with Crippen molar-refractivity contribution in [1.82, 2.24) is 0 Å². The van der Waals surface area contributed by atoms with Gasteiger partial charge in [0.05, 0.1) is 5.02 Å². The number of hydrogen-bond acceptors (Lipinski definition) is 1. The summed E-state index contributed by atoms with van der Waals surface area (Å²) in [5, 5.41) is -0.178. The second-order valence-corrected chi connectivity index (χ2v) is 3.32. The first kappa shape index (κ1) is 12.1. The van der Waals surface area contributed by atoms with Crippen molar-refractivity contribution in [3.05, 3.63) is 28.5 Å². The molecule has 0 aromatic heterocycles. The number of benzene rings is 1. The van der Waals surface area contributed by atoms with E-state index in [9.17, 15) is 17.6 Å². The van der Waals surface area contributed by atoms with Crippen molar-refractivity contribution in [3.63, 3.8) is 0 Å². The molecule has 0 aliphatic heterocycles. The molecule has 0 N–H and O–H groups in total. The van der Waals surface area contributed by atoms with E-state index in [1.165, 1.54) is 19.1 Å². The van der Waals surface area contributed by atoms with Gasteiger partial charge in [-0.05, 0) is 18.6 Å². The Morgan fingerprint density at radius 1 is 1.33 bits per heavy atom. The highest BCUT2D eigenvalue weighted by Gasteiger charge is 2.29. The first-order valence-corrected chi connectivity index (χ1v) is 4.33. The Hall–Kier alpha value is -0.970. The van der Waals surface area contributed by atoms with Gasteiger partial charge in [-0.25, -0.2) is 4.39 Å². The fourth-order valence-electron chi connectivity index (χ4n) is 0.917. The second kappa shape index (κ2) is 4.26. The summed E-state index contributed by atoms with van der Waals surface area (Å²) in [6.45, 7) is -0.154. The van der Waals surface area contributed by atoms with Crippen molar-refractivity contribution in [3.8, 4) is 5.75 Å². The monoisotopic (exact) mass is 242 g/mol. The van der Waals surface area contributed by atoms with Crippen LogP contribution in [0.2, 0.25) is 5.02 Å². The maximum absolute atomic E-state index is 13.3. The van der Waals surface area contributed by atoms with Crippen LogP contribution in [0.3, 0.4) is 0 Å². The van der Waals surface area contributed by atoms with E-state index in [1.807, 2.05) is 0 Å². The Bertz CT molecular complexity index is 362. The molecule has 0 unspecified atom stereocenters. The van der Waals surface area contributed by atoms with Gasteiger partial charge in [-0.15, -0.1) is 0 Å². The fraction of sp³-hybridized carbons (Fsp3) is 0.333. The molecule has 0 atom stereocenters. The van der Waals surface area contributed by atoms with Crippen molar-refractivity contribution < 1.29 is 22.3 Å². The maximum atomic E-state index is 13.3. The van der Waals surface area contributed by atoms with Crippen molar-refractivity contribution in [1.29, 1.82) is 0 Å². The van der Waals surface area contributed by atoms with Gasteiger partial charge < -0.3 is 4.74 Å². The molecule has 1 rings (SSSR count). The molecular formula is C9H7ClF4O. The lowest BCUT2D eigenvalue weighted by molar-refractivity contribution is -0.153. The quantitative estimate of drug-likeness (QED) is 0.718. The van der Waals surface area contributed by atoms with Crippen LogP contribution in [0.1, 0.15) is 5.56 Å². The van der Waals surface area contributed by atoms with Crippen molar-refractivity contribution in [2.75, 3.05) is 6.61 Å². The number of halogens is 5. The molecule has 0 saturated heterocycles. The third kappa shape index (κ3) is 3.27. The van der Waals surface area contributed by atoms with Gasteiger partial charge in [0, 0.05) is 0 Å². The van der Waals surface area contributed by atoms with Gasteiger partial charge >= 0.3 is 6.18 Å². The number of ether oxygens (including phenoxy) is 1. The number of alkyl halides is 3. The molecule has 6 heteroatoms. The summed E-state index contributed by atoms with van der Waals surface area (Å²) in [5.41, 5.74) is 0.177. The van der Waals surface area contributed by atoms with Gasteiger partial charge in [-0.2, -0.15) is 13.2 Å². The fourth-order valence-corrected chi connectivity index (χ4v) is 1.12. The Labute approximate surface area is 88.6 Å². The molecule has 0 aliphatic rings. The van der Waals surface area contributed by atoms with Gasteiger partial charge in [0.25, 0.3) is 0 Å². The van der Waals surface area contributed by atoms with Gasteiger partial charge in [0.15, 0.2) is 18.2 Å². The normalized spacial score (nSPS) is 11.6. The summed E-state index contributed by atoms with van der Waals surface area (Å²) in [6, 6.07) is 2.64. The zero-order valence-electron chi connectivity index (χ0n) is 7.66. The molecule has 0 spiro atoms. The summed E-state index contributed by atoms with van der Waals surface area (Å²) in [5.74, 6) is -1.43. The minimum absolute atomic E-state index is 0.177. The molecule has 0 saturated carbocycles. The Morgan fingerprint density at radius 3 is 2.47 bits per heavy atom. The lowest BCUT2D eigenvalue weighted by Crippen LogP contribution is -2.20. The minimum atomic E-state index is -4.51. The molecule has 0 bridgehead atoms. The third-order valence-corrected chi connectivity index (χ3v) is 1.92. The molecule has 84 valence electrons. The summed E-state index contributed by atoms with van der Waals surface area (Å²) >= 11 is 5.50. The zero-order chi connectivity index (χ0) is 11.6. The number of rotatable bonds is 2. The van der Waals surface area contributed by atoms with E-state index < -0.39 is 24.3 Å².